The van der Waals surface area contributed by atoms with E-state index in [0.29, 0.717) is 32.1 Å². The van der Waals surface area contributed by atoms with Crippen LogP contribution in [0.15, 0.2) is 48.6 Å². The number of hydrogen-bond donors (Lipinski definition) is 3. The molecule has 0 saturated heterocycles. The van der Waals surface area contributed by atoms with E-state index in [4.69, 9.17) is 19.3 Å². The number of esters is 2. The van der Waals surface area contributed by atoms with E-state index in [1.165, 1.54) is 70.6 Å². The smallest absolute Gasteiger partial charge is 0.462 e. The maximum absolute atomic E-state index is 12.3. The zero-order valence-electron chi connectivity index (χ0n) is 31.6. The van der Waals surface area contributed by atoms with Gasteiger partial charge >= 0.3 is 19.8 Å². The monoisotopic (exact) mass is 726 g/mol. The van der Waals surface area contributed by atoms with Gasteiger partial charge in [0.2, 0.25) is 0 Å². The molecule has 0 heterocycles. The highest BCUT2D eigenvalue weighted by Crippen LogP contribution is 2.36. The largest absolute Gasteiger partial charge is 0.469 e. The second kappa shape index (κ2) is 34.1. The van der Waals surface area contributed by atoms with Crippen LogP contribution in [0.5, 0.6) is 0 Å². The number of rotatable bonds is 34. The third kappa shape index (κ3) is 37.2. The van der Waals surface area contributed by atoms with E-state index < -0.39 is 38.6 Å². The first kappa shape index (κ1) is 48.0. The molecule has 50 heavy (non-hydrogen) atoms. The first-order chi connectivity index (χ1) is 24.0. The fraction of sp³-hybridized carbons (Fsp3) is 0.750. The average Bonchev–Trinajstić information content (AvgIpc) is 3.06. The van der Waals surface area contributed by atoms with Crippen molar-refractivity contribution >= 4 is 19.8 Å². The van der Waals surface area contributed by atoms with E-state index >= 15 is 0 Å². The minimum absolute atomic E-state index is 0.104. The van der Waals surface area contributed by atoms with Gasteiger partial charge in [-0.15, -0.1) is 0 Å². The Kier molecular flexibility index (Phi) is 32.7. The molecule has 0 bridgehead atoms. The Hall–Kier alpha value is -2.03. The van der Waals surface area contributed by atoms with E-state index in [1.54, 1.807) is 6.08 Å². The highest BCUT2D eigenvalue weighted by molar-refractivity contribution is 7.46. The van der Waals surface area contributed by atoms with Crippen molar-refractivity contribution in [2.75, 3.05) is 13.2 Å². The van der Waals surface area contributed by atoms with Crippen molar-refractivity contribution in [1.82, 2.24) is 0 Å². The van der Waals surface area contributed by atoms with Crippen LogP contribution in [0.1, 0.15) is 162 Å². The Morgan fingerprint density at radius 3 is 1.92 bits per heavy atom. The molecule has 0 unspecified atom stereocenters. The molecular formula is C40H71O9P. The van der Waals surface area contributed by atoms with Crippen LogP contribution >= 0.6 is 7.82 Å². The summed E-state index contributed by atoms with van der Waals surface area (Å²) in [6, 6.07) is 0. The first-order valence-corrected chi connectivity index (χ1v) is 20.9. The summed E-state index contributed by atoms with van der Waals surface area (Å²) in [5, 5.41) is 9.98. The first-order valence-electron chi connectivity index (χ1n) is 19.4. The molecule has 0 fully saturated rings. The van der Waals surface area contributed by atoms with E-state index in [-0.39, 0.29) is 19.4 Å². The Morgan fingerprint density at radius 1 is 0.680 bits per heavy atom. The Morgan fingerprint density at radius 2 is 1.28 bits per heavy atom. The number of aliphatic hydroxyl groups is 1. The fourth-order valence-electron chi connectivity index (χ4n) is 5.16. The topological polar surface area (TPSA) is 140 Å². The number of phosphoric ester groups is 1. The van der Waals surface area contributed by atoms with Gasteiger partial charge in [-0.3, -0.25) is 14.1 Å². The molecule has 2 atom stereocenters. The number of hydrogen-bond acceptors (Lipinski definition) is 7. The lowest BCUT2D eigenvalue weighted by atomic mass is 10.0. The molecule has 0 saturated carbocycles. The van der Waals surface area contributed by atoms with Crippen LogP contribution in [0, 0.1) is 5.92 Å². The molecule has 0 aliphatic carbocycles. The SMILES string of the molecule is CCCCC/C=C\C[C@H](O)/C=C/C=C\C/C=C\CCCC(=O)O[C@H](COC(=O)CCCCCCCCCCCCCC(C)C)COP(=O)(O)O. The maximum atomic E-state index is 12.3. The zero-order valence-corrected chi connectivity index (χ0v) is 32.5. The van der Waals surface area contributed by atoms with Gasteiger partial charge in [0.25, 0.3) is 0 Å². The highest BCUT2D eigenvalue weighted by atomic mass is 31.2. The molecule has 290 valence electrons. The molecule has 3 N–H and O–H groups in total. The molecule has 0 radical (unpaired) electrons. The Labute approximate surface area is 304 Å². The molecule has 0 aromatic heterocycles. The number of aliphatic hydroxyl groups excluding tert-OH is 1. The summed E-state index contributed by atoms with van der Waals surface area (Å²) in [6.07, 6.45) is 35.8. The molecule has 0 aliphatic rings. The molecule has 0 spiro atoms. The third-order valence-electron chi connectivity index (χ3n) is 8.11. The summed E-state index contributed by atoms with van der Waals surface area (Å²) < 4.78 is 26.2. The molecule has 10 heteroatoms. The van der Waals surface area contributed by atoms with Crippen LogP contribution in [0.25, 0.3) is 0 Å². The van der Waals surface area contributed by atoms with Gasteiger partial charge in [-0.2, -0.15) is 0 Å². The summed E-state index contributed by atoms with van der Waals surface area (Å²) in [4.78, 5) is 42.7. The Balaban J connectivity index is 4.14. The van der Waals surface area contributed by atoms with Crippen molar-refractivity contribution < 1.29 is 43.0 Å². The Bertz CT molecular complexity index is 983. The summed E-state index contributed by atoms with van der Waals surface area (Å²) >= 11 is 0. The highest BCUT2D eigenvalue weighted by Gasteiger charge is 2.22. The summed E-state index contributed by atoms with van der Waals surface area (Å²) in [7, 11) is -4.78. The van der Waals surface area contributed by atoms with Crippen molar-refractivity contribution in [2.45, 2.75) is 174 Å². The van der Waals surface area contributed by atoms with Gasteiger partial charge in [-0.25, -0.2) is 4.57 Å². The number of unbranched alkanes of at least 4 members (excludes halogenated alkanes) is 14. The molecule has 0 aromatic carbocycles. The lowest BCUT2D eigenvalue weighted by Gasteiger charge is -2.18. The predicted molar refractivity (Wildman–Crippen MR) is 203 cm³/mol. The van der Waals surface area contributed by atoms with Gasteiger partial charge in [-0.05, 0) is 50.9 Å². The van der Waals surface area contributed by atoms with E-state index in [1.807, 2.05) is 36.5 Å². The molecule has 9 nitrogen and oxygen atoms in total. The van der Waals surface area contributed by atoms with Crippen molar-refractivity contribution in [1.29, 1.82) is 0 Å². The molecule has 0 amide bonds. The number of ether oxygens (including phenoxy) is 2. The summed E-state index contributed by atoms with van der Waals surface area (Å²) in [5.41, 5.74) is 0. The third-order valence-corrected chi connectivity index (χ3v) is 8.59. The molecule has 0 aliphatic heterocycles. The average molecular weight is 727 g/mol. The molecule has 0 rings (SSSR count). The summed E-state index contributed by atoms with van der Waals surface area (Å²) in [5.74, 6) is -0.188. The standard InChI is InChI=1S/C40H71O9P/c1-4-5-6-7-20-25-30-37(41)31-26-21-16-13-14-18-23-28-33-40(43)49-38(35-48-50(44,45)46)34-47-39(42)32-27-22-17-12-10-8-9-11-15-19-24-29-36(2)3/h14,16,18,20-21,25-26,31,36-38,41H,4-13,15,17,19,22-24,27-30,32-35H2,1-3H3,(H2,44,45,46)/b18-14-,21-16-,25-20-,31-26+/t37-,38+/m0/s1. The predicted octanol–water partition coefficient (Wildman–Crippen LogP) is 10.4. The van der Waals surface area contributed by atoms with E-state index in [0.717, 1.165) is 31.6 Å². The molecule has 0 aromatic rings. The second-order valence-corrected chi connectivity index (χ2v) is 14.8. The van der Waals surface area contributed by atoms with Gasteiger partial charge in [0.05, 0.1) is 12.7 Å². The van der Waals surface area contributed by atoms with E-state index in [2.05, 4.69) is 31.4 Å². The van der Waals surface area contributed by atoms with Gasteiger partial charge in [0, 0.05) is 12.8 Å². The fourth-order valence-corrected chi connectivity index (χ4v) is 5.52. The number of carbonyl (C=O) groups is 2. The number of carbonyl (C=O) groups excluding carboxylic acids is 2. The van der Waals surface area contributed by atoms with Gasteiger partial charge < -0.3 is 24.4 Å². The van der Waals surface area contributed by atoms with Gasteiger partial charge in [-0.1, -0.05) is 153 Å². The van der Waals surface area contributed by atoms with Gasteiger partial charge in [0.15, 0.2) is 6.10 Å². The van der Waals surface area contributed by atoms with Crippen molar-refractivity contribution in [2.24, 2.45) is 5.92 Å². The second-order valence-electron chi connectivity index (χ2n) is 13.6. The van der Waals surface area contributed by atoms with E-state index in [9.17, 15) is 19.3 Å². The molecular weight excluding hydrogens is 655 g/mol. The van der Waals surface area contributed by atoms with Crippen LogP contribution in [-0.4, -0.2) is 52.3 Å². The van der Waals surface area contributed by atoms with Crippen LogP contribution < -0.4 is 0 Å². The normalized spacial score (nSPS) is 13.7. The van der Waals surface area contributed by atoms with Crippen molar-refractivity contribution in [3.63, 3.8) is 0 Å². The van der Waals surface area contributed by atoms with Crippen LogP contribution in [0.4, 0.5) is 0 Å². The minimum Gasteiger partial charge on any atom is -0.462 e. The van der Waals surface area contributed by atoms with Crippen LogP contribution in [0.3, 0.4) is 0 Å². The maximum Gasteiger partial charge on any atom is 0.469 e. The number of phosphoric acid groups is 1. The lowest BCUT2D eigenvalue weighted by Crippen LogP contribution is -2.29. The lowest BCUT2D eigenvalue weighted by molar-refractivity contribution is -0.161. The summed E-state index contributed by atoms with van der Waals surface area (Å²) in [6.45, 7) is 5.84. The zero-order chi connectivity index (χ0) is 37.1. The quantitative estimate of drug-likeness (QED) is 0.0194. The minimum atomic E-state index is -4.78. The number of allylic oxidation sites excluding steroid dienone is 6. The van der Waals surface area contributed by atoms with Crippen molar-refractivity contribution in [3.05, 3.63) is 48.6 Å². The van der Waals surface area contributed by atoms with Crippen LogP contribution in [0.2, 0.25) is 0 Å². The van der Waals surface area contributed by atoms with Crippen LogP contribution in [-0.2, 0) is 28.2 Å². The van der Waals surface area contributed by atoms with Gasteiger partial charge in [0.1, 0.15) is 6.61 Å². The van der Waals surface area contributed by atoms with Crippen molar-refractivity contribution in [3.8, 4) is 0 Å².